The van der Waals surface area contributed by atoms with E-state index in [-0.39, 0.29) is 10.8 Å². The maximum atomic E-state index is 12.8. The number of nitrogens with one attached hydrogen (secondary N) is 1. The highest BCUT2D eigenvalue weighted by Crippen LogP contribution is 2.20. The molecule has 1 N–H and O–H groups in total. The summed E-state index contributed by atoms with van der Waals surface area (Å²) in [5.41, 5.74) is 1.50. The van der Waals surface area contributed by atoms with Crippen molar-refractivity contribution in [1.82, 2.24) is 4.31 Å². The van der Waals surface area contributed by atoms with Gasteiger partial charge in [-0.3, -0.25) is 4.79 Å². The highest BCUT2D eigenvalue weighted by molar-refractivity contribution is 7.99. The second-order valence-corrected chi connectivity index (χ2v) is 9.94. The fraction of sp³-hybridized carbons (Fsp3) is 0.174. The number of anilines is 1. The zero-order valence-electron chi connectivity index (χ0n) is 16.7. The van der Waals surface area contributed by atoms with E-state index in [2.05, 4.69) is 5.32 Å². The molecule has 0 aliphatic heterocycles. The number of sulfonamides is 1. The van der Waals surface area contributed by atoms with Crippen LogP contribution in [0.15, 0.2) is 94.7 Å². The molecule has 3 rings (SSSR count). The van der Waals surface area contributed by atoms with Crippen molar-refractivity contribution in [3.05, 3.63) is 90.5 Å². The summed E-state index contributed by atoms with van der Waals surface area (Å²) in [6, 6.07) is 25.6. The van der Waals surface area contributed by atoms with E-state index in [9.17, 15) is 13.2 Å². The van der Waals surface area contributed by atoms with E-state index >= 15 is 0 Å². The lowest BCUT2D eigenvalue weighted by Crippen LogP contribution is -2.26. The van der Waals surface area contributed by atoms with Crippen molar-refractivity contribution in [3.8, 4) is 0 Å². The third kappa shape index (κ3) is 6.19. The Balaban J connectivity index is 1.53. The molecule has 0 unspecified atom stereocenters. The van der Waals surface area contributed by atoms with Crippen molar-refractivity contribution in [2.24, 2.45) is 0 Å². The summed E-state index contributed by atoms with van der Waals surface area (Å²) in [5.74, 6) is 0.572. The van der Waals surface area contributed by atoms with E-state index in [1.54, 1.807) is 30.9 Å². The van der Waals surface area contributed by atoms with Crippen LogP contribution in [0.4, 0.5) is 5.69 Å². The third-order valence-corrected chi connectivity index (χ3v) is 7.27. The third-order valence-electron chi connectivity index (χ3n) is 4.44. The second kappa shape index (κ2) is 10.4. The first-order valence-corrected chi connectivity index (χ1v) is 12.0. The van der Waals surface area contributed by atoms with Gasteiger partial charge >= 0.3 is 0 Å². The van der Waals surface area contributed by atoms with Crippen molar-refractivity contribution >= 4 is 33.4 Å². The summed E-state index contributed by atoms with van der Waals surface area (Å²) in [6.07, 6.45) is 0.374. The first kappa shape index (κ1) is 22.1. The number of rotatable bonds is 9. The monoisotopic (exact) mass is 440 g/mol. The number of hydrogen-bond acceptors (Lipinski definition) is 4. The van der Waals surface area contributed by atoms with Gasteiger partial charge in [0.25, 0.3) is 0 Å². The summed E-state index contributed by atoms with van der Waals surface area (Å²) >= 11 is 1.62. The molecule has 7 heteroatoms. The van der Waals surface area contributed by atoms with Gasteiger partial charge in [0.05, 0.1) is 4.90 Å². The van der Waals surface area contributed by atoms with Crippen LogP contribution in [-0.4, -0.2) is 31.4 Å². The minimum absolute atomic E-state index is 0.102. The Morgan fingerprint density at radius 2 is 1.50 bits per heavy atom. The van der Waals surface area contributed by atoms with E-state index in [0.29, 0.717) is 24.4 Å². The quantitative estimate of drug-likeness (QED) is 0.493. The van der Waals surface area contributed by atoms with Gasteiger partial charge in [-0.25, -0.2) is 8.42 Å². The van der Waals surface area contributed by atoms with Crippen LogP contribution >= 0.6 is 11.8 Å². The Labute approximate surface area is 182 Å². The van der Waals surface area contributed by atoms with Gasteiger partial charge in [0, 0.05) is 36.3 Å². The van der Waals surface area contributed by atoms with Crippen LogP contribution < -0.4 is 5.32 Å². The maximum absolute atomic E-state index is 12.8. The van der Waals surface area contributed by atoms with Crippen molar-refractivity contribution in [2.75, 3.05) is 18.1 Å². The number of benzene rings is 3. The Kier molecular flexibility index (Phi) is 7.68. The fourth-order valence-electron chi connectivity index (χ4n) is 2.82. The number of thioether (sulfide) groups is 1. The molecule has 0 aliphatic rings. The number of hydrogen-bond donors (Lipinski definition) is 1. The number of nitrogens with zero attached hydrogens (tertiary/aromatic N) is 1. The normalized spacial score (nSPS) is 11.4. The minimum atomic E-state index is -3.61. The van der Waals surface area contributed by atoms with Gasteiger partial charge in [0.15, 0.2) is 0 Å². The summed E-state index contributed by atoms with van der Waals surface area (Å²) in [6.45, 7) is 0.292. The van der Waals surface area contributed by atoms with E-state index in [1.165, 1.54) is 16.4 Å². The number of carbonyl (C=O) groups is 1. The summed E-state index contributed by atoms with van der Waals surface area (Å²) in [4.78, 5) is 13.5. The molecule has 3 aromatic carbocycles. The van der Waals surface area contributed by atoms with Gasteiger partial charge in [-0.15, -0.1) is 11.8 Å². The molecule has 0 saturated heterocycles. The highest BCUT2D eigenvalue weighted by Gasteiger charge is 2.20. The minimum Gasteiger partial charge on any atom is -0.326 e. The van der Waals surface area contributed by atoms with Crippen molar-refractivity contribution in [2.45, 2.75) is 22.8 Å². The molecule has 0 fully saturated rings. The summed E-state index contributed by atoms with van der Waals surface area (Å²) in [7, 11) is -2.05. The molecule has 0 spiro atoms. The Hall–Kier alpha value is -2.61. The van der Waals surface area contributed by atoms with Crippen LogP contribution in [0, 0.1) is 0 Å². The molecule has 0 atom stereocenters. The standard InChI is InChI=1S/C23H24N2O3S2/c1-25(18-19-8-4-2-5-9-19)30(27,28)22-14-12-20(13-15-22)24-23(26)16-17-29-21-10-6-3-7-11-21/h2-15H,16-18H2,1H3,(H,24,26). The van der Waals surface area contributed by atoms with Gasteiger partial charge in [-0.2, -0.15) is 4.31 Å². The summed E-state index contributed by atoms with van der Waals surface area (Å²) < 4.78 is 26.9. The molecule has 0 bridgehead atoms. The number of carbonyl (C=O) groups excluding carboxylic acids is 1. The van der Waals surface area contributed by atoms with E-state index in [0.717, 1.165) is 10.5 Å². The molecule has 156 valence electrons. The predicted molar refractivity (Wildman–Crippen MR) is 122 cm³/mol. The topological polar surface area (TPSA) is 66.5 Å². The highest BCUT2D eigenvalue weighted by atomic mass is 32.2. The zero-order chi connectivity index (χ0) is 21.4. The SMILES string of the molecule is CN(Cc1ccccc1)S(=O)(=O)c1ccc(NC(=O)CCSc2ccccc2)cc1. The van der Waals surface area contributed by atoms with Gasteiger partial charge in [0.1, 0.15) is 0 Å². The van der Waals surface area contributed by atoms with Crippen molar-refractivity contribution in [1.29, 1.82) is 0 Å². The predicted octanol–water partition coefficient (Wildman–Crippen LogP) is 4.63. The van der Waals surface area contributed by atoms with Gasteiger partial charge in [0.2, 0.25) is 15.9 Å². The average molecular weight is 441 g/mol. The van der Waals surface area contributed by atoms with E-state index < -0.39 is 10.0 Å². The van der Waals surface area contributed by atoms with Crippen LogP contribution in [0.1, 0.15) is 12.0 Å². The molecular weight excluding hydrogens is 416 g/mol. The van der Waals surface area contributed by atoms with E-state index in [1.807, 2.05) is 60.7 Å². The average Bonchev–Trinajstić information content (AvgIpc) is 2.75. The van der Waals surface area contributed by atoms with Crippen molar-refractivity contribution < 1.29 is 13.2 Å². The first-order valence-electron chi connectivity index (χ1n) is 9.53. The van der Waals surface area contributed by atoms with Crippen LogP contribution in [0.25, 0.3) is 0 Å². The molecule has 0 heterocycles. The second-order valence-electron chi connectivity index (χ2n) is 6.73. The Bertz CT molecular complexity index is 1050. The fourth-order valence-corrected chi connectivity index (χ4v) is 4.85. The molecule has 30 heavy (non-hydrogen) atoms. The van der Waals surface area contributed by atoms with E-state index in [4.69, 9.17) is 0 Å². The first-order chi connectivity index (χ1) is 14.4. The van der Waals surface area contributed by atoms with Gasteiger partial charge in [-0.1, -0.05) is 48.5 Å². The van der Waals surface area contributed by atoms with Crippen LogP contribution in [0.5, 0.6) is 0 Å². The maximum Gasteiger partial charge on any atom is 0.243 e. The number of amides is 1. The largest absolute Gasteiger partial charge is 0.326 e. The van der Waals surface area contributed by atoms with Gasteiger partial charge < -0.3 is 5.32 Å². The lowest BCUT2D eigenvalue weighted by Gasteiger charge is -2.17. The van der Waals surface area contributed by atoms with Crippen LogP contribution in [0.2, 0.25) is 0 Å². The van der Waals surface area contributed by atoms with Gasteiger partial charge in [-0.05, 0) is 42.0 Å². The Morgan fingerprint density at radius 1 is 0.900 bits per heavy atom. The van der Waals surface area contributed by atoms with Crippen molar-refractivity contribution in [3.63, 3.8) is 0 Å². The van der Waals surface area contributed by atoms with Crippen LogP contribution in [0.3, 0.4) is 0 Å². The lowest BCUT2D eigenvalue weighted by atomic mass is 10.2. The van der Waals surface area contributed by atoms with Crippen LogP contribution in [-0.2, 0) is 21.4 Å². The smallest absolute Gasteiger partial charge is 0.243 e. The molecule has 0 radical (unpaired) electrons. The molecule has 0 saturated carbocycles. The molecule has 5 nitrogen and oxygen atoms in total. The Morgan fingerprint density at radius 3 is 2.13 bits per heavy atom. The summed E-state index contributed by atoms with van der Waals surface area (Å²) in [5, 5.41) is 2.82. The molecule has 3 aromatic rings. The molecule has 0 aliphatic carbocycles. The molecule has 0 aromatic heterocycles. The zero-order valence-corrected chi connectivity index (χ0v) is 18.3. The molecule has 1 amide bonds. The molecular formula is C23H24N2O3S2. The lowest BCUT2D eigenvalue weighted by molar-refractivity contribution is -0.115.